The fraction of sp³-hybridized carbons (Fsp3) is 0.154. The predicted molar refractivity (Wildman–Crippen MR) is 71.8 cm³/mol. The van der Waals surface area contributed by atoms with Crippen LogP contribution < -0.4 is 11.3 Å². The van der Waals surface area contributed by atoms with Crippen molar-refractivity contribution in [1.29, 1.82) is 0 Å². The number of nitrogens with one attached hydrogen (secondary N) is 1. The Kier molecular flexibility index (Phi) is 2.85. The quantitative estimate of drug-likeness (QED) is 0.716. The summed E-state index contributed by atoms with van der Waals surface area (Å²) in [5.41, 5.74) is 8.37. The van der Waals surface area contributed by atoms with Crippen molar-refractivity contribution in [2.45, 2.75) is 6.42 Å². The first-order valence-electron chi connectivity index (χ1n) is 6.00. The number of hydrogen-bond donors (Lipinski definition) is 2. The molecule has 96 valence electrons. The Labute approximate surface area is 108 Å². The highest BCUT2D eigenvalue weighted by molar-refractivity contribution is 5.62. The summed E-state index contributed by atoms with van der Waals surface area (Å²) < 4.78 is 1.42. The lowest BCUT2D eigenvalue weighted by atomic mass is 10.2. The molecule has 0 saturated heterocycles. The van der Waals surface area contributed by atoms with E-state index in [9.17, 15) is 4.79 Å². The highest BCUT2D eigenvalue weighted by Crippen LogP contribution is 2.16. The van der Waals surface area contributed by atoms with Crippen LogP contribution in [0.15, 0.2) is 41.5 Å². The Morgan fingerprint density at radius 3 is 3.00 bits per heavy atom. The molecule has 0 spiro atoms. The van der Waals surface area contributed by atoms with E-state index in [2.05, 4.69) is 15.1 Å². The topological polar surface area (TPSA) is 89.1 Å². The van der Waals surface area contributed by atoms with Gasteiger partial charge in [-0.05, 0) is 18.7 Å². The molecule has 0 bridgehead atoms. The Morgan fingerprint density at radius 2 is 2.26 bits per heavy atom. The maximum absolute atomic E-state index is 12.0. The zero-order valence-electron chi connectivity index (χ0n) is 10.2. The Hall–Kier alpha value is -2.47. The molecular weight excluding hydrogens is 242 g/mol. The van der Waals surface area contributed by atoms with Crippen LogP contribution in [-0.2, 0) is 6.42 Å². The summed E-state index contributed by atoms with van der Waals surface area (Å²) in [4.78, 5) is 20.4. The molecule has 0 aliphatic heterocycles. The number of aromatic amines is 1. The number of nitrogens with zero attached hydrogens (tertiary/aromatic N) is 3. The first-order valence-corrected chi connectivity index (χ1v) is 6.00. The number of hydrogen-bond acceptors (Lipinski definition) is 4. The van der Waals surface area contributed by atoms with Crippen LogP contribution >= 0.6 is 0 Å². The van der Waals surface area contributed by atoms with Gasteiger partial charge in [0.15, 0.2) is 5.65 Å². The molecular formula is C13H13N5O. The molecule has 0 unspecified atom stereocenters. The smallest absolute Gasteiger partial charge is 0.272 e. The summed E-state index contributed by atoms with van der Waals surface area (Å²) >= 11 is 0. The van der Waals surface area contributed by atoms with Crippen molar-refractivity contribution in [2.24, 2.45) is 5.73 Å². The van der Waals surface area contributed by atoms with Crippen molar-refractivity contribution < 1.29 is 0 Å². The van der Waals surface area contributed by atoms with E-state index in [1.165, 1.54) is 10.6 Å². The van der Waals surface area contributed by atoms with E-state index in [-0.39, 0.29) is 5.56 Å². The standard InChI is InChI=1S/C13H13N5O/c14-4-3-10-6-13(19)18-12(16-10)7-11(17-18)9-2-1-5-15-8-9/h1-2,5-8,17H,3-4,14H2. The number of aromatic nitrogens is 4. The normalized spacial score (nSPS) is 11.0. The van der Waals surface area contributed by atoms with E-state index in [4.69, 9.17) is 5.73 Å². The van der Waals surface area contributed by atoms with Crippen LogP contribution in [-0.4, -0.2) is 26.1 Å². The highest BCUT2D eigenvalue weighted by Gasteiger charge is 2.07. The van der Waals surface area contributed by atoms with Crippen molar-refractivity contribution in [3.63, 3.8) is 0 Å². The van der Waals surface area contributed by atoms with Gasteiger partial charge in [0.1, 0.15) is 0 Å². The second-order valence-corrected chi connectivity index (χ2v) is 4.23. The summed E-state index contributed by atoms with van der Waals surface area (Å²) in [6, 6.07) is 7.10. The molecule has 3 aromatic rings. The third kappa shape index (κ3) is 2.13. The highest BCUT2D eigenvalue weighted by atomic mass is 16.1. The van der Waals surface area contributed by atoms with Gasteiger partial charge in [0.2, 0.25) is 0 Å². The summed E-state index contributed by atoms with van der Waals surface area (Å²) in [6.07, 6.45) is 4.03. The van der Waals surface area contributed by atoms with Crippen LogP contribution in [0.1, 0.15) is 5.69 Å². The molecule has 0 radical (unpaired) electrons. The predicted octanol–water partition coefficient (Wildman–Crippen LogP) is 0.586. The van der Waals surface area contributed by atoms with E-state index in [0.29, 0.717) is 24.3 Å². The Balaban J connectivity index is 2.16. The van der Waals surface area contributed by atoms with Gasteiger partial charge in [-0.25, -0.2) is 9.50 Å². The van der Waals surface area contributed by atoms with Crippen molar-refractivity contribution in [3.8, 4) is 11.3 Å². The molecule has 0 atom stereocenters. The number of nitrogens with two attached hydrogens (primary N) is 1. The second-order valence-electron chi connectivity index (χ2n) is 4.23. The van der Waals surface area contributed by atoms with Crippen LogP contribution in [0.5, 0.6) is 0 Å². The molecule has 0 aromatic carbocycles. The molecule has 0 saturated carbocycles. The Bertz CT molecular complexity index is 760. The number of H-pyrrole nitrogens is 1. The van der Waals surface area contributed by atoms with E-state index < -0.39 is 0 Å². The molecule has 6 heteroatoms. The van der Waals surface area contributed by atoms with Gasteiger partial charge >= 0.3 is 0 Å². The molecule has 3 rings (SSSR count). The van der Waals surface area contributed by atoms with E-state index in [0.717, 1.165) is 11.3 Å². The minimum Gasteiger partial charge on any atom is -0.330 e. The third-order valence-electron chi connectivity index (χ3n) is 2.88. The van der Waals surface area contributed by atoms with Gasteiger partial charge in [-0.3, -0.25) is 14.9 Å². The third-order valence-corrected chi connectivity index (χ3v) is 2.88. The van der Waals surface area contributed by atoms with E-state index in [1.807, 2.05) is 18.2 Å². The molecule has 0 aliphatic carbocycles. The maximum Gasteiger partial charge on any atom is 0.272 e. The van der Waals surface area contributed by atoms with Gasteiger partial charge in [0.25, 0.3) is 5.56 Å². The molecule has 6 nitrogen and oxygen atoms in total. The van der Waals surface area contributed by atoms with Crippen molar-refractivity contribution in [1.82, 2.24) is 19.6 Å². The summed E-state index contributed by atoms with van der Waals surface area (Å²) in [7, 11) is 0. The van der Waals surface area contributed by atoms with E-state index >= 15 is 0 Å². The molecule has 19 heavy (non-hydrogen) atoms. The second kappa shape index (κ2) is 4.66. The van der Waals surface area contributed by atoms with Gasteiger partial charge in [-0.15, -0.1) is 0 Å². The lowest BCUT2D eigenvalue weighted by Gasteiger charge is -1.97. The van der Waals surface area contributed by atoms with Crippen LogP contribution in [0.25, 0.3) is 16.9 Å². The first kappa shape index (κ1) is 11.6. The fourth-order valence-electron chi connectivity index (χ4n) is 1.99. The van der Waals surface area contributed by atoms with Crippen LogP contribution in [0.4, 0.5) is 0 Å². The molecule has 3 N–H and O–H groups in total. The SMILES string of the molecule is NCCc1cc(=O)n2[nH]c(-c3cccnc3)cc2n1. The van der Waals surface area contributed by atoms with Gasteiger partial charge in [0.05, 0.1) is 5.69 Å². The van der Waals surface area contributed by atoms with Crippen LogP contribution in [0.2, 0.25) is 0 Å². The molecule has 3 aromatic heterocycles. The molecule has 3 heterocycles. The lowest BCUT2D eigenvalue weighted by molar-refractivity contribution is 0.858. The van der Waals surface area contributed by atoms with Crippen LogP contribution in [0, 0.1) is 0 Å². The zero-order chi connectivity index (χ0) is 13.2. The van der Waals surface area contributed by atoms with Crippen molar-refractivity contribution >= 4 is 5.65 Å². The van der Waals surface area contributed by atoms with E-state index in [1.54, 1.807) is 12.4 Å². The average Bonchev–Trinajstić information content (AvgIpc) is 2.85. The number of fused-ring (bicyclic) bond motifs is 1. The average molecular weight is 255 g/mol. The molecule has 0 fully saturated rings. The van der Waals surface area contributed by atoms with Gasteiger partial charge in [0, 0.05) is 42.2 Å². The van der Waals surface area contributed by atoms with Gasteiger partial charge in [-0.1, -0.05) is 0 Å². The number of rotatable bonds is 3. The van der Waals surface area contributed by atoms with Gasteiger partial charge in [-0.2, -0.15) is 0 Å². The monoisotopic (exact) mass is 255 g/mol. The van der Waals surface area contributed by atoms with Crippen molar-refractivity contribution in [2.75, 3.05) is 6.54 Å². The largest absolute Gasteiger partial charge is 0.330 e. The summed E-state index contributed by atoms with van der Waals surface area (Å²) in [5, 5.41) is 3.02. The first-order chi connectivity index (χ1) is 9.28. The van der Waals surface area contributed by atoms with Crippen LogP contribution in [0.3, 0.4) is 0 Å². The zero-order valence-corrected chi connectivity index (χ0v) is 10.2. The minimum absolute atomic E-state index is 0.136. The molecule has 0 amide bonds. The molecule has 0 aliphatic rings. The number of pyridine rings is 1. The Morgan fingerprint density at radius 1 is 1.37 bits per heavy atom. The van der Waals surface area contributed by atoms with Gasteiger partial charge < -0.3 is 5.73 Å². The fourth-order valence-corrected chi connectivity index (χ4v) is 1.99. The summed E-state index contributed by atoms with van der Waals surface area (Å²) in [5.74, 6) is 0. The minimum atomic E-state index is -0.136. The summed E-state index contributed by atoms with van der Waals surface area (Å²) in [6.45, 7) is 0.475. The van der Waals surface area contributed by atoms with Crippen molar-refractivity contribution in [3.05, 3.63) is 52.7 Å². The maximum atomic E-state index is 12.0. The lowest BCUT2D eigenvalue weighted by Crippen LogP contribution is -2.17.